The van der Waals surface area contributed by atoms with E-state index in [4.69, 9.17) is 0 Å². The first-order valence-corrected chi connectivity index (χ1v) is 4.27. The molecule has 2 rings (SSSR count). The van der Waals surface area contributed by atoms with E-state index in [-0.39, 0.29) is 0 Å². The minimum Gasteiger partial charge on any atom is -0.223 e. The SMILES string of the molecule is Ic1cnc(-n2cncn2)nc1. The molecule has 0 N–H and O–H groups in total. The summed E-state index contributed by atoms with van der Waals surface area (Å²) in [6, 6.07) is 0. The Morgan fingerprint density at radius 2 is 2.00 bits per heavy atom. The summed E-state index contributed by atoms with van der Waals surface area (Å²) in [6.45, 7) is 0. The van der Waals surface area contributed by atoms with Crippen molar-refractivity contribution < 1.29 is 0 Å². The lowest BCUT2D eigenvalue weighted by Gasteiger charge is -1.95. The molecular weight excluding hydrogens is 269 g/mol. The predicted octanol–water partition coefficient (Wildman–Crippen LogP) is 0.662. The highest BCUT2D eigenvalue weighted by Gasteiger charge is 1.97. The number of hydrogen-bond donors (Lipinski definition) is 0. The molecule has 0 unspecified atom stereocenters. The molecule has 2 aromatic rings. The van der Waals surface area contributed by atoms with Gasteiger partial charge in [0.25, 0.3) is 5.95 Å². The molecule has 0 saturated heterocycles. The normalized spacial score (nSPS) is 10.1. The van der Waals surface area contributed by atoms with Crippen LogP contribution in [-0.4, -0.2) is 24.7 Å². The molecule has 2 aromatic heterocycles. The standard InChI is InChI=1S/C6H4IN5/c7-5-1-9-6(10-2-5)12-4-8-3-11-12/h1-4H. The van der Waals surface area contributed by atoms with Gasteiger partial charge < -0.3 is 0 Å². The van der Waals surface area contributed by atoms with Crippen LogP contribution in [0.15, 0.2) is 25.0 Å². The van der Waals surface area contributed by atoms with Gasteiger partial charge in [-0.15, -0.1) is 0 Å². The Morgan fingerprint density at radius 1 is 1.25 bits per heavy atom. The summed E-state index contributed by atoms with van der Waals surface area (Å²) in [4.78, 5) is 11.9. The van der Waals surface area contributed by atoms with Gasteiger partial charge in [0.05, 0.1) is 0 Å². The molecule has 0 amide bonds. The van der Waals surface area contributed by atoms with Gasteiger partial charge >= 0.3 is 0 Å². The number of halogens is 1. The quantitative estimate of drug-likeness (QED) is 0.716. The van der Waals surface area contributed by atoms with Gasteiger partial charge in [-0.25, -0.2) is 15.0 Å². The zero-order valence-electron chi connectivity index (χ0n) is 5.92. The Bertz CT molecular complexity index is 354. The second kappa shape index (κ2) is 3.13. The van der Waals surface area contributed by atoms with E-state index >= 15 is 0 Å². The van der Waals surface area contributed by atoms with Crippen molar-refractivity contribution in [2.75, 3.05) is 0 Å². The van der Waals surface area contributed by atoms with Crippen molar-refractivity contribution in [3.8, 4) is 5.95 Å². The van der Waals surface area contributed by atoms with Gasteiger partial charge in [-0.2, -0.15) is 9.78 Å². The van der Waals surface area contributed by atoms with Gasteiger partial charge in [0, 0.05) is 16.0 Å². The van der Waals surface area contributed by atoms with Crippen molar-refractivity contribution >= 4 is 22.6 Å². The molecule has 2 heterocycles. The van der Waals surface area contributed by atoms with E-state index in [1.54, 1.807) is 18.7 Å². The molecule has 0 saturated carbocycles. The molecule has 5 nitrogen and oxygen atoms in total. The van der Waals surface area contributed by atoms with E-state index in [2.05, 4.69) is 42.6 Å². The van der Waals surface area contributed by atoms with E-state index in [9.17, 15) is 0 Å². The van der Waals surface area contributed by atoms with Gasteiger partial charge in [-0.3, -0.25) is 0 Å². The van der Waals surface area contributed by atoms with Crippen LogP contribution in [0.25, 0.3) is 5.95 Å². The summed E-state index contributed by atoms with van der Waals surface area (Å²) >= 11 is 2.14. The first kappa shape index (κ1) is 7.59. The maximum atomic E-state index is 4.06. The molecular formula is C6H4IN5. The fourth-order valence-corrected chi connectivity index (χ4v) is 1.01. The zero-order chi connectivity index (χ0) is 8.39. The predicted molar refractivity (Wildman–Crippen MR) is 49.7 cm³/mol. The van der Waals surface area contributed by atoms with E-state index < -0.39 is 0 Å². The topological polar surface area (TPSA) is 56.5 Å². The second-order valence-corrected chi connectivity index (χ2v) is 3.29. The summed E-state index contributed by atoms with van der Waals surface area (Å²) in [5.41, 5.74) is 0. The monoisotopic (exact) mass is 273 g/mol. The van der Waals surface area contributed by atoms with Crippen molar-refractivity contribution in [1.29, 1.82) is 0 Å². The van der Waals surface area contributed by atoms with Crippen LogP contribution in [-0.2, 0) is 0 Å². The van der Waals surface area contributed by atoms with E-state index in [0.717, 1.165) is 3.57 Å². The third-order valence-corrected chi connectivity index (χ3v) is 1.79. The number of aromatic nitrogens is 5. The maximum absolute atomic E-state index is 4.06. The molecule has 0 aliphatic heterocycles. The Hall–Kier alpha value is -1.05. The fraction of sp³-hybridized carbons (Fsp3) is 0. The maximum Gasteiger partial charge on any atom is 0.252 e. The summed E-state index contributed by atoms with van der Waals surface area (Å²) in [5.74, 6) is 0.535. The number of nitrogens with zero attached hydrogens (tertiary/aromatic N) is 5. The smallest absolute Gasteiger partial charge is 0.223 e. The Morgan fingerprint density at radius 3 is 2.58 bits per heavy atom. The van der Waals surface area contributed by atoms with Crippen LogP contribution >= 0.6 is 22.6 Å². The Balaban J connectivity index is 2.43. The molecule has 60 valence electrons. The summed E-state index contributed by atoms with van der Waals surface area (Å²) < 4.78 is 2.51. The average molecular weight is 273 g/mol. The van der Waals surface area contributed by atoms with Crippen LogP contribution in [0.1, 0.15) is 0 Å². The van der Waals surface area contributed by atoms with Crippen LogP contribution in [0.4, 0.5) is 0 Å². The molecule has 0 atom stereocenters. The van der Waals surface area contributed by atoms with Crippen molar-refractivity contribution in [3.05, 3.63) is 28.6 Å². The van der Waals surface area contributed by atoms with Gasteiger partial charge in [-0.05, 0) is 22.6 Å². The van der Waals surface area contributed by atoms with Crippen LogP contribution < -0.4 is 0 Å². The lowest BCUT2D eigenvalue weighted by molar-refractivity contribution is 0.804. The van der Waals surface area contributed by atoms with E-state index in [0.29, 0.717) is 5.95 Å². The Labute approximate surface area is 82.0 Å². The molecule has 0 aliphatic carbocycles. The van der Waals surface area contributed by atoms with Crippen LogP contribution in [0.3, 0.4) is 0 Å². The highest BCUT2D eigenvalue weighted by molar-refractivity contribution is 14.1. The third kappa shape index (κ3) is 1.42. The van der Waals surface area contributed by atoms with Gasteiger partial charge in [0.1, 0.15) is 12.7 Å². The first-order valence-electron chi connectivity index (χ1n) is 3.19. The molecule has 12 heavy (non-hydrogen) atoms. The highest BCUT2D eigenvalue weighted by Crippen LogP contribution is 2.01. The lowest BCUT2D eigenvalue weighted by atomic mass is 10.7. The molecule has 0 aliphatic rings. The van der Waals surface area contributed by atoms with Gasteiger partial charge in [0.15, 0.2) is 0 Å². The van der Waals surface area contributed by atoms with E-state index in [1.165, 1.54) is 11.0 Å². The van der Waals surface area contributed by atoms with E-state index in [1.807, 2.05) is 0 Å². The van der Waals surface area contributed by atoms with Crippen molar-refractivity contribution in [2.45, 2.75) is 0 Å². The van der Waals surface area contributed by atoms with Crippen LogP contribution in [0.2, 0.25) is 0 Å². The van der Waals surface area contributed by atoms with Crippen molar-refractivity contribution in [2.24, 2.45) is 0 Å². The van der Waals surface area contributed by atoms with Gasteiger partial charge in [0.2, 0.25) is 0 Å². The summed E-state index contributed by atoms with van der Waals surface area (Å²) in [7, 11) is 0. The number of hydrogen-bond acceptors (Lipinski definition) is 4. The summed E-state index contributed by atoms with van der Waals surface area (Å²) in [6.07, 6.45) is 6.46. The zero-order valence-corrected chi connectivity index (χ0v) is 8.08. The Kier molecular flexibility index (Phi) is 1.98. The molecule has 6 heteroatoms. The van der Waals surface area contributed by atoms with Crippen molar-refractivity contribution in [1.82, 2.24) is 24.7 Å². The lowest BCUT2D eigenvalue weighted by Crippen LogP contribution is -2.00. The van der Waals surface area contributed by atoms with Crippen LogP contribution in [0, 0.1) is 3.57 Å². The molecule has 0 spiro atoms. The van der Waals surface area contributed by atoms with Crippen molar-refractivity contribution in [3.63, 3.8) is 0 Å². The summed E-state index contributed by atoms with van der Waals surface area (Å²) in [5, 5.41) is 3.89. The first-order chi connectivity index (χ1) is 5.86. The largest absolute Gasteiger partial charge is 0.252 e. The molecule has 0 aromatic carbocycles. The fourth-order valence-electron chi connectivity index (χ4n) is 0.735. The molecule has 0 fully saturated rings. The number of rotatable bonds is 1. The molecule has 0 bridgehead atoms. The van der Waals surface area contributed by atoms with Gasteiger partial charge in [-0.1, -0.05) is 0 Å². The average Bonchev–Trinajstić information content (AvgIpc) is 2.58. The minimum atomic E-state index is 0.535. The molecule has 0 radical (unpaired) electrons. The van der Waals surface area contributed by atoms with Crippen LogP contribution in [0.5, 0.6) is 0 Å². The second-order valence-electron chi connectivity index (χ2n) is 2.04. The minimum absolute atomic E-state index is 0.535. The third-order valence-electron chi connectivity index (χ3n) is 1.23. The highest BCUT2D eigenvalue weighted by atomic mass is 127.